The average Bonchev–Trinajstić information content (AvgIpc) is 2.39. The lowest BCUT2D eigenvalue weighted by molar-refractivity contribution is -0.117. The van der Waals surface area contributed by atoms with Crippen molar-refractivity contribution in [2.45, 2.75) is 6.92 Å². The van der Waals surface area contributed by atoms with Gasteiger partial charge in [-0.25, -0.2) is 4.79 Å². The van der Waals surface area contributed by atoms with Crippen molar-refractivity contribution in [3.8, 4) is 0 Å². The first-order valence-electron chi connectivity index (χ1n) is 6.64. The Morgan fingerprint density at radius 3 is 2.70 bits per heavy atom. The van der Waals surface area contributed by atoms with E-state index in [1.54, 1.807) is 25.1 Å². The molecule has 1 amide bonds. The molecule has 1 aromatic carbocycles. The van der Waals surface area contributed by atoms with Crippen LogP contribution in [0, 0.1) is 6.92 Å². The van der Waals surface area contributed by atoms with Gasteiger partial charge >= 0.3 is 5.97 Å². The molecule has 6 heteroatoms. The van der Waals surface area contributed by atoms with Crippen LogP contribution in [-0.4, -0.2) is 54.6 Å². The topological polar surface area (TPSA) is 81.7 Å². The summed E-state index contributed by atoms with van der Waals surface area (Å²) in [4.78, 5) is 25.3. The third kappa shape index (κ3) is 3.55. The second kappa shape index (κ2) is 6.49. The molecule has 1 fully saturated rings. The Hall–Kier alpha value is -1.92. The number of nitrogens with zero attached hydrogens (tertiary/aromatic N) is 1. The van der Waals surface area contributed by atoms with Crippen LogP contribution in [0.2, 0.25) is 0 Å². The quantitative estimate of drug-likeness (QED) is 0.748. The van der Waals surface area contributed by atoms with Crippen molar-refractivity contribution in [3.63, 3.8) is 0 Å². The number of carbonyl (C=O) groups excluding carboxylic acids is 1. The van der Waals surface area contributed by atoms with Gasteiger partial charge < -0.3 is 15.7 Å². The van der Waals surface area contributed by atoms with Crippen molar-refractivity contribution >= 4 is 17.6 Å². The van der Waals surface area contributed by atoms with Crippen LogP contribution < -0.4 is 10.6 Å². The van der Waals surface area contributed by atoms with Crippen molar-refractivity contribution in [2.24, 2.45) is 0 Å². The van der Waals surface area contributed by atoms with Crippen LogP contribution in [-0.2, 0) is 4.79 Å². The molecule has 6 nitrogen and oxygen atoms in total. The number of amides is 1. The number of aryl methyl sites for hydroxylation is 1. The predicted octanol–water partition coefficient (Wildman–Crippen LogP) is 0.537. The van der Waals surface area contributed by atoms with E-state index in [-0.39, 0.29) is 18.0 Å². The molecule has 0 aliphatic carbocycles. The van der Waals surface area contributed by atoms with Crippen molar-refractivity contribution in [1.82, 2.24) is 10.2 Å². The standard InChI is InChI=1S/C14H19N3O3/c1-10-3-2-4-11(13(10)14(19)20)16-12(18)9-17-7-5-15-6-8-17/h2-4,15H,5-9H2,1H3,(H,16,18)(H,19,20). The summed E-state index contributed by atoms with van der Waals surface area (Å²) in [5.74, 6) is -1.21. The van der Waals surface area contributed by atoms with Gasteiger partial charge in [0, 0.05) is 26.2 Å². The summed E-state index contributed by atoms with van der Waals surface area (Å²) < 4.78 is 0. The summed E-state index contributed by atoms with van der Waals surface area (Å²) >= 11 is 0. The number of hydrogen-bond donors (Lipinski definition) is 3. The van der Waals surface area contributed by atoms with Gasteiger partial charge in [-0.2, -0.15) is 0 Å². The number of nitrogens with one attached hydrogen (secondary N) is 2. The molecule has 0 unspecified atom stereocenters. The van der Waals surface area contributed by atoms with Crippen LogP contribution in [0.15, 0.2) is 18.2 Å². The Morgan fingerprint density at radius 2 is 2.05 bits per heavy atom. The highest BCUT2D eigenvalue weighted by Crippen LogP contribution is 2.19. The van der Waals surface area contributed by atoms with Crippen LogP contribution in [0.1, 0.15) is 15.9 Å². The highest BCUT2D eigenvalue weighted by atomic mass is 16.4. The van der Waals surface area contributed by atoms with Crippen LogP contribution in [0.5, 0.6) is 0 Å². The molecule has 0 atom stereocenters. The van der Waals surface area contributed by atoms with E-state index >= 15 is 0 Å². The highest BCUT2D eigenvalue weighted by Gasteiger charge is 2.17. The Balaban J connectivity index is 2.04. The van der Waals surface area contributed by atoms with Crippen molar-refractivity contribution in [3.05, 3.63) is 29.3 Å². The van der Waals surface area contributed by atoms with E-state index in [4.69, 9.17) is 0 Å². The summed E-state index contributed by atoms with van der Waals surface area (Å²) in [7, 11) is 0. The fourth-order valence-electron chi connectivity index (χ4n) is 2.32. The number of benzene rings is 1. The molecule has 20 heavy (non-hydrogen) atoms. The second-order valence-electron chi connectivity index (χ2n) is 4.88. The number of carboxylic acids is 1. The summed E-state index contributed by atoms with van der Waals surface area (Å²) in [6, 6.07) is 5.07. The fraction of sp³-hybridized carbons (Fsp3) is 0.429. The SMILES string of the molecule is Cc1cccc(NC(=O)CN2CCNCC2)c1C(=O)O. The minimum atomic E-state index is -1.03. The Kier molecular flexibility index (Phi) is 4.70. The number of carboxylic acid groups (broad SMARTS) is 1. The van der Waals surface area contributed by atoms with Crippen molar-refractivity contribution < 1.29 is 14.7 Å². The Bertz CT molecular complexity index is 510. The summed E-state index contributed by atoms with van der Waals surface area (Å²) in [6.45, 7) is 5.40. The van der Waals surface area contributed by atoms with E-state index in [0.29, 0.717) is 11.3 Å². The van der Waals surface area contributed by atoms with E-state index in [2.05, 4.69) is 10.6 Å². The smallest absolute Gasteiger partial charge is 0.338 e. The number of rotatable bonds is 4. The van der Waals surface area contributed by atoms with Crippen LogP contribution in [0.3, 0.4) is 0 Å². The summed E-state index contributed by atoms with van der Waals surface area (Å²) in [5, 5.41) is 15.1. The largest absolute Gasteiger partial charge is 0.478 e. The number of carbonyl (C=O) groups is 2. The number of hydrogen-bond acceptors (Lipinski definition) is 4. The van der Waals surface area contributed by atoms with Gasteiger partial charge in [-0.15, -0.1) is 0 Å². The molecule has 108 valence electrons. The molecule has 1 saturated heterocycles. The van der Waals surface area contributed by atoms with E-state index < -0.39 is 5.97 Å². The molecular weight excluding hydrogens is 258 g/mol. The minimum absolute atomic E-state index is 0.154. The average molecular weight is 277 g/mol. The first-order chi connectivity index (χ1) is 9.58. The van der Waals surface area contributed by atoms with Gasteiger partial charge in [0.15, 0.2) is 0 Å². The lowest BCUT2D eigenvalue weighted by atomic mass is 10.1. The van der Waals surface area contributed by atoms with E-state index in [0.717, 1.165) is 26.2 Å². The van der Waals surface area contributed by atoms with Gasteiger partial charge in [0.2, 0.25) is 5.91 Å². The molecule has 1 aliphatic rings. The second-order valence-corrected chi connectivity index (χ2v) is 4.88. The summed E-state index contributed by atoms with van der Waals surface area (Å²) in [5.41, 5.74) is 1.15. The minimum Gasteiger partial charge on any atom is -0.478 e. The van der Waals surface area contributed by atoms with E-state index in [9.17, 15) is 14.7 Å². The molecular formula is C14H19N3O3. The lowest BCUT2D eigenvalue weighted by Crippen LogP contribution is -2.46. The fourth-order valence-corrected chi connectivity index (χ4v) is 2.32. The van der Waals surface area contributed by atoms with Gasteiger partial charge in [0.1, 0.15) is 0 Å². The van der Waals surface area contributed by atoms with Crippen LogP contribution in [0.25, 0.3) is 0 Å². The first-order valence-corrected chi connectivity index (χ1v) is 6.64. The zero-order valence-electron chi connectivity index (χ0n) is 11.5. The molecule has 0 radical (unpaired) electrons. The maximum absolute atomic E-state index is 12.0. The maximum Gasteiger partial charge on any atom is 0.338 e. The van der Waals surface area contributed by atoms with E-state index in [1.165, 1.54) is 0 Å². The molecule has 1 aromatic rings. The number of aromatic carboxylic acids is 1. The normalized spacial score (nSPS) is 15.8. The number of piperazine rings is 1. The van der Waals surface area contributed by atoms with Gasteiger partial charge in [-0.1, -0.05) is 12.1 Å². The molecule has 0 spiro atoms. The third-order valence-corrected chi connectivity index (χ3v) is 3.34. The van der Waals surface area contributed by atoms with Gasteiger partial charge in [-0.3, -0.25) is 9.69 Å². The zero-order chi connectivity index (χ0) is 14.5. The van der Waals surface area contributed by atoms with Gasteiger partial charge in [0.25, 0.3) is 0 Å². The Morgan fingerprint density at radius 1 is 1.35 bits per heavy atom. The monoisotopic (exact) mass is 277 g/mol. The first kappa shape index (κ1) is 14.5. The van der Waals surface area contributed by atoms with Crippen LogP contribution >= 0.6 is 0 Å². The molecule has 1 aliphatic heterocycles. The summed E-state index contributed by atoms with van der Waals surface area (Å²) in [6.07, 6.45) is 0. The lowest BCUT2D eigenvalue weighted by Gasteiger charge is -2.26. The van der Waals surface area contributed by atoms with Gasteiger partial charge in [0.05, 0.1) is 17.8 Å². The molecule has 0 aromatic heterocycles. The third-order valence-electron chi connectivity index (χ3n) is 3.34. The van der Waals surface area contributed by atoms with Gasteiger partial charge in [-0.05, 0) is 18.6 Å². The molecule has 1 heterocycles. The highest BCUT2D eigenvalue weighted by molar-refractivity contribution is 6.02. The molecule has 3 N–H and O–H groups in total. The van der Waals surface area contributed by atoms with Crippen molar-refractivity contribution in [1.29, 1.82) is 0 Å². The Labute approximate surface area is 117 Å². The predicted molar refractivity (Wildman–Crippen MR) is 76.1 cm³/mol. The van der Waals surface area contributed by atoms with Crippen LogP contribution in [0.4, 0.5) is 5.69 Å². The molecule has 0 bridgehead atoms. The molecule has 0 saturated carbocycles. The molecule has 2 rings (SSSR count). The zero-order valence-corrected chi connectivity index (χ0v) is 11.5. The maximum atomic E-state index is 12.0. The van der Waals surface area contributed by atoms with E-state index in [1.807, 2.05) is 4.90 Å². The number of anilines is 1. The van der Waals surface area contributed by atoms with Crippen molar-refractivity contribution in [2.75, 3.05) is 38.0 Å².